The molecule has 20 heavy (non-hydrogen) atoms. The van der Waals surface area contributed by atoms with Gasteiger partial charge in [0.2, 0.25) is 5.56 Å². The Bertz CT molecular complexity index is 547. The predicted octanol–water partition coefficient (Wildman–Crippen LogP) is -0.837. The van der Waals surface area contributed by atoms with Crippen molar-refractivity contribution in [3.05, 3.63) is 34.2 Å². The zero-order valence-electron chi connectivity index (χ0n) is 11.0. The van der Waals surface area contributed by atoms with Crippen molar-refractivity contribution in [2.45, 2.75) is 0 Å². The topological polar surface area (TPSA) is 106 Å². The van der Waals surface area contributed by atoms with Gasteiger partial charge in [0.25, 0.3) is 5.91 Å². The fraction of sp³-hybridized carbons (Fsp3) is 0.333. The van der Waals surface area contributed by atoms with Crippen molar-refractivity contribution in [2.24, 2.45) is 0 Å². The van der Waals surface area contributed by atoms with Crippen molar-refractivity contribution in [1.29, 1.82) is 0 Å². The fourth-order valence-electron chi connectivity index (χ4n) is 1.38. The van der Waals surface area contributed by atoms with Crippen LogP contribution < -0.4 is 5.56 Å². The summed E-state index contributed by atoms with van der Waals surface area (Å²) in [6.07, 6.45) is 0. The summed E-state index contributed by atoms with van der Waals surface area (Å²) in [5, 5.41) is 0. The number of esters is 2. The molecular weight excluding hydrogens is 268 g/mol. The van der Waals surface area contributed by atoms with E-state index in [9.17, 15) is 19.2 Å². The number of ether oxygens (including phenoxy) is 2. The summed E-state index contributed by atoms with van der Waals surface area (Å²) >= 11 is 0. The number of aromatic nitrogens is 1. The Morgan fingerprint density at radius 3 is 2.10 bits per heavy atom. The first-order valence-corrected chi connectivity index (χ1v) is 5.60. The number of rotatable bonds is 5. The fourth-order valence-corrected chi connectivity index (χ4v) is 1.38. The number of H-pyrrole nitrogens is 1. The van der Waals surface area contributed by atoms with Gasteiger partial charge in [0.1, 0.15) is 18.8 Å². The van der Waals surface area contributed by atoms with Gasteiger partial charge in [-0.1, -0.05) is 6.07 Å². The van der Waals surface area contributed by atoms with Gasteiger partial charge in [-0.15, -0.1) is 0 Å². The van der Waals surface area contributed by atoms with Crippen LogP contribution in [0.1, 0.15) is 10.5 Å². The second kappa shape index (κ2) is 7.07. The molecule has 0 atom stereocenters. The van der Waals surface area contributed by atoms with Crippen molar-refractivity contribution >= 4 is 17.8 Å². The van der Waals surface area contributed by atoms with Gasteiger partial charge in [0.15, 0.2) is 0 Å². The average Bonchev–Trinajstić information content (AvgIpc) is 2.45. The number of amides is 1. The molecule has 0 unspecified atom stereocenters. The van der Waals surface area contributed by atoms with Crippen molar-refractivity contribution in [1.82, 2.24) is 9.88 Å². The molecule has 1 amide bonds. The van der Waals surface area contributed by atoms with E-state index < -0.39 is 36.5 Å². The Kier molecular flexibility index (Phi) is 5.45. The Morgan fingerprint density at radius 2 is 1.65 bits per heavy atom. The predicted molar refractivity (Wildman–Crippen MR) is 67.0 cm³/mol. The van der Waals surface area contributed by atoms with E-state index in [1.165, 1.54) is 18.2 Å². The standard InChI is InChI=1S/C12H14N2O6/c1-19-10(16)6-14(7-11(17)20-2)12(18)8-4-3-5-9(15)13-8/h3-5H,6-7H2,1-2H3,(H,13,15). The average molecular weight is 282 g/mol. The first-order valence-electron chi connectivity index (χ1n) is 5.60. The summed E-state index contributed by atoms with van der Waals surface area (Å²) in [5.74, 6) is -2.07. The zero-order valence-corrected chi connectivity index (χ0v) is 11.0. The van der Waals surface area contributed by atoms with E-state index in [2.05, 4.69) is 14.5 Å². The van der Waals surface area contributed by atoms with E-state index in [4.69, 9.17) is 0 Å². The Hall–Kier alpha value is -2.64. The number of methoxy groups -OCH3 is 2. The molecule has 0 aliphatic heterocycles. The Balaban J connectivity index is 2.96. The number of carbonyl (C=O) groups excluding carboxylic acids is 3. The van der Waals surface area contributed by atoms with Gasteiger partial charge < -0.3 is 19.4 Å². The Labute approximate surface area is 114 Å². The number of pyridine rings is 1. The zero-order chi connectivity index (χ0) is 15.1. The van der Waals surface area contributed by atoms with E-state index in [0.29, 0.717) is 0 Å². The maximum absolute atomic E-state index is 12.1. The molecule has 0 radical (unpaired) electrons. The quantitative estimate of drug-likeness (QED) is 0.706. The summed E-state index contributed by atoms with van der Waals surface area (Å²) in [4.78, 5) is 49.1. The third kappa shape index (κ3) is 4.23. The third-order valence-corrected chi connectivity index (χ3v) is 2.38. The SMILES string of the molecule is COC(=O)CN(CC(=O)OC)C(=O)c1cccc(=O)[nH]1. The molecule has 0 bridgehead atoms. The van der Waals surface area contributed by atoms with E-state index in [1.54, 1.807) is 0 Å². The summed E-state index contributed by atoms with van der Waals surface area (Å²) in [6, 6.07) is 3.99. The molecule has 1 heterocycles. The van der Waals surface area contributed by atoms with Gasteiger partial charge in [0.05, 0.1) is 14.2 Å². The van der Waals surface area contributed by atoms with Crippen molar-refractivity contribution in [2.75, 3.05) is 27.3 Å². The van der Waals surface area contributed by atoms with Gasteiger partial charge in [-0.05, 0) is 6.07 Å². The minimum atomic E-state index is -0.694. The van der Waals surface area contributed by atoms with Crippen LogP contribution in [0.3, 0.4) is 0 Å². The molecular formula is C12H14N2O6. The number of nitrogens with zero attached hydrogens (tertiary/aromatic N) is 1. The monoisotopic (exact) mass is 282 g/mol. The molecule has 0 aromatic carbocycles. The number of aromatic amines is 1. The van der Waals surface area contributed by atoms with E-state index in [1.807, 2.05) is 0 Å². The lowest BCUT2D eigenvalue weighted by atomic mass is 10.3. The maximum atomic E-state index is 12.1. The molecule has 8 nitrogen and oxygen atoms in total. The van der Waals surface area contributed by atoms with Crippen LogP contribution in [0.4, 0.5) is 0 Å². The second-order valence-electron chi connectivity index (χ2n) is 3.74. The van der Waals surface area contributed by atoms with Crippen LogP contribution >= 0.6 is 0 Å². The highest BCUT2D eigenvalue weighted by molar-refractivity contribution is 5.96. The van der Waals surface area contributed by atoms with Gasteiger partial charge in [-0.2, -0.15) is 0 Å². The van der Waals surface area contributed by atoms with Crippen LogP contribution in [0.2, 0.25) is 0 Å². The van der Waals surface area contributed by atoms with Crippen molar-refractivity contribution < 1.29 is 23.9 Å². The van der Waals surface area contributed by atoms with Gasteiger partial charge in [0, 0.05) is 6.07 Å². The van der Waals surface area contributed by atoms with Crippen LogP contribution in [0, 0.1) is 0 Å². The highest BCUT2D eigenvalue weighted by Crippen LogP contribution is 2.01. The Morgan fingerprint density at radius 1 is 1.10 bits per heavy atom. The number of nitrogens with one attached hydrogen (secondary N) is 1. The molecule has 0 saturated heterocycles. The van der Waals surface area contributed by atoms with Gasteiger partial charge >= 0.3 is 11.9 Å². The molecule has 1 aromatic heterocycles. The number of hydrogen-bond acceptors (Lipinski definition) is 6. The lowest BCUT2D eigenvalue weighted by Gasteiger charge is -2.19. The lowest BCUT2D eigenvalue weighted by Crippen LogP contribution is -2.41. The largest absolute Gasteiger partial charge is 0.468 e. The first-order chi connectivity index (χ1) is 9.47. The van der Waals surface area contributed by atoms with Crippen molar-refractivity contribution in [3.63, 3.8) is 0 Å². The van der Waals surface area contributed by atoms with E-state index in [0.717, 1.165) is 19.1 Å². The number of hydrogen-bond donors (Lipinski definition) is 1. The second-order valence-corrected chi connectivity index (χ2v) is 3.74. The number of carbonyl (C=O) groups is 3. The molecule has 0 spiro atoms. The lowest BCUT2D eigenvalue weighted by molar-refractivity contribution is -0.144. The summed E-state index contributed by atoms with van der Waals surface area (Å²) in [5.41, 5.74) is -0.503. The normalized spacial score (nSPS) is 9.70. The molecule has 8 heteroatoms. The minimum Gasteiger partial charge on any atom is -0.468 e. The minimum absolute atomic E-state index is 0.0368. The van der Waals surface area contributed by atoms with Crippen LogP contribution in [0.5, 0.6) is 0 Å². The summed E-state index contributed by atoms with van der Waals surface area (Å²) in [7, 11) is 2.32. The van der Waals surface area contributed by atoms with Crippen LogP contribution in [-0.2, 0) is 19.1 Å². The van der Waals surface area contributed by atoms with Crippen LogP contribution in [-0.4, -0.2) is 55.0 Å². The summed E-state index contributed by atoms with van der Waals surface area (Å²) in [6.45, 7) is -0.858. The van der Waals surface area contributed by atoms with Crippen LogP contribution in [0.15, 0.2) is 23.0 Å². The van der Waals surface area contributed by atoms with Crippen LogP contribution in [0.25, 0.3) is 0 Å². The molecule has 0 aliphatic carbocycles. The molecule has 1 N–H and O–H groups in total. The molecule has 1 aromatic rings. The first kappa shape index (κ1) is 15.4. The molecule has 0 fully saturated rings. The van der Waals surface area contributed by atoms with Gasteiger partial charge in [-0.3, -0.25) is 19.2 Å². The van der Waals surface area contributed by atoms with E-state index >= 15 is 0 Å². The maximum Gasteiger partial charge on any atom is 0.325 e. The smallest absolute Gasteiger partial charge is 0.325 e. The van der Waals surface area contributed by atoms with Crippen molar-refractivity contribution in [3.8, 4) is 0 Å². The third-order valence-electron chi connectivity index (χ3n) is 2.38. The molecule has 0 aliphatic rings. The van der Waals surface area contributed by atoms with E-state index in [-0.39, 0.29) is 5.69 Å². The molecule has 0 saturated carbocycles. The van der Waals surface area contributed by atoms with Gasteiger partial charge in [-0.25, -0.2) is 0 Å². The molecule has 108 valence electrons. The summed E-state index contributed by atoms with van der Waals surface area (Å²) < 4.78 is 8.90. The highest BCUT2D eigenvalue weighted by atomic mass is 16.5. The molecule has 1 rings (SSSR count). The highest BCUT2D eigenvalue weighted by Gasteiger charge is 2.22.